The zero-order chi connectivity index (χ0) is 26.2. The third-order valence-corrected chi connectivity index (χ3v) is 7.20. The average molecular weight is 494 g/mol. The lowest BCUT2D eigenvalue weighted by molar-refractivity contribution is -0.141. The molecule has 1 N–H and O–H groups in total. The first kappa shape index (κ1) is 25.6. The predicted molar refractivity (Wildman–Crippen MR) is 138 cm³/mol. The molecule has 2 aliphatic rings. The molecular weight excluding hydrogens is 458 g/mol. The van der Waals surface area contributed by atoms with Crippen molar-refractivity contribution in [3.05, 3.63) is 58.7 Å². The molecule has 1 aliphatic heterocycles. The Hall–Kier alpha value is -3.48. The van der Waals surface area contributed by atoms with E-state index < -0.39 is 17.7 Å². The van der Waals surface area contributed by atoms with Gasteiger partial charge in [-0.05, 0) is 54.2 Å². The smallest absolute Gasteiger partial charge is 0.295 e. The number of rotatable bonds is 6. The summed E-state index contributed by atoms with van der Waals surface area (Å²) in [6, 6.07) is 9.91. The van der Waals surface area contributed by atoms with Gasteiger partial charge < -0.3 is 24.2 Å². The number of nitrogens with zero attached hydrogens (tertiary/aromatic N) is 1. The molecule has 1 amide bonds. The SMILES string of the molecule is COc1ccc(C2/C(=C(\O)c3ccc(OC)c(C(C)(C)C)c3)C(=O)C(=O)N2C2CCCC2)cc1OC. The number of Topliss-reactive ketones (excluding diaryl/α,β-unsaturated/α-hetero) is 1. The normalized spacial score (nSPS) is 20.2. The number of hydrogen-bond donors (Lipinski definition) is 1. The van der Waals surface area contributed by atoms with Crippen LogP contribution in [-0.2, 0) is 15.0 Å². The second kappa shape index (κ2) is 9.88. The van der Waals surface area contributed by atoms with E-state index in [9.17, 15) is 14.7 Å². The van der Waals surface area contributed by atoms with Gasteiger partial charge in [-0.2, -0.15) is 0 Å². The first-order valence-corrected chi connectivity index (χ1v) is 12.3. The Morgan fingerprint density at radius 2 is 1.50 bits per heavy atom. The number of hydrogen-bond acceptors (Lipinski definition) is 6. The van der Waals surface area contributed by atoms with Crippen LogP contribution < -0.4 is 14.2 Å². The maximum Gasteiger partial charge on any atom is 0.295 e. The quantitative estimate of drug-likeness (QED) is 0.331. The number of methoxy groups -OCH3 is 3. The molecule has 1 heterocycles. The van der Waals surface area contributed by atoms with Gasteiger partial charge in [0.1, 0.15) is 11.5 Å². The highest BCUT2D eigenvalue weighted by Gasteiger charge is 2.49. The van der Waals surface area contributed by atoms with Crippen LogP contribution in [-0.4, -0.2) is 49.1 Å². The van der Waals surface area contributed by atoms with E-state index >= 15 is 0 Å². The van der Waals surface area contributed by atoms with Crippen molar-refractivity contribution >= 4 is 17.4 Å². The van der Waals surface area contributed by atoms with E-state index in [1.54, 1.807) is 50.5 Å². The van der Waals surface area contributed by atoms with E-state index in [-0.39, 0.29) is 22.8 Å². The number of aliphatic hydroxyl groups excluding tert-OH is 1. The maximum atomic E-state index is 13.5. The van der Waals surface area contributed by atoms with Crippen LogP contribution in [0.15, 0.2) is 42.0 Å². The van der Waals surface area contributed by atoms with E-state index in [0.717, 1.165) is 31.2 Å². The van der Waals surface area contributed by atoms with Gasteiger partial charge in [0.05, 0.1) is 32.9 Å². The monoisotopic (exact) mass is 493 g/mol. The Morgan fingerprint density at radius 1 is 0.889 bits per heavy atom. The van der Waals surface area contributed by atoms with Gasteiger partial charge >= 0.3 is 0 Å². The molecule has 1 aliphatic carbocycles. The minimum atomic E-state index is -0.729. The predicted octanol–water partition coefficient (Wildman–Crippen LogP) is 5.37. The van der Waals surface area contributed by atoms with Gasteiger partial charge in [0.2, 0.25) is 0 Å². The van der Waals surface area contributed by atoms with Crippen molar-refractivity contribution in [1.82, 2.24) is 4.90 Å². The summed E-state index contributed by atoms with van der Waals surface area (Å²) in [5.74, 6) is 0.291. The van der Waals surface area contributed by atoms with Gasteiger partial charge in [0.15, 0.2) is 11.5 Å². The first-order chi connectivity index (χ1) is 17.1. The Morgan fingerprint density at radius 3 is 2.08 bits per heavy atom. The van der Waals surface area contributed by atoms with Gasteiger partial charge in [0.25, 0.3) is 11.7 Å². The summed E-state index contributed by atoms with van der Waals surface area (Å²) in [6.45, 7) is 6.16. The fraction of sp³-hybridized carbons (Fsp3) is 0.448. The summed E-state index contributed by atoms with van der Waals surface area (Å²) in [5, 5.41) is 11.6. The van der Waals surface area contributed by atoms with Crippen LogP contribution in [0.4, 0.5) is 0 Å². The minimum Gasteiger partial charge on any atom is -0.507 e. The number of benzene rings is 2. The van der Waals surface area contributed by atoms with Crippen molar-refractivity contribution in [1.29, 1.82) is 0 Å². The molecule has 2 fully saturated rings. The summed E-state index contributed by atoms with van der Waals surface area (Å²) in [4.78, 5) is 28.5. The van der Waals surface area contributed by atoms with Gasteiger partial charge in [-0.1, -0.05) is 39.7 Å². The molecule has 2 aromatic rings. The molecule has 1 atom stereocenters. The van der Waals surface area contributed by atoms with Gasteiger partial charge in [0, 0.05) is 17.2 Å². The zero-order valence-corrected chi connectivity index (χ0v) is 21.9. The van der Waals surface area contributed by atoms with E-state index in [2.05, 4.69) is 20.8 Å². The van der Waals surface area contributed by atoms with Crippen LogP contribution >= 0.6 is 0 Å². The molecule has 0 bridgehead atoms. The number of ketones is 1. The zero-order valence-electron chi connectivity index (χ0n) is 21.9. The lowest BCUT2D eigenvalue weighted by Gasteiger charge is -2.31. The summed E-state index contributed by atoms with van der Waals surface area (Å²) in [7, 11) is 4.70. The van der Waals surface area contributed by atoms with Gasteiger partial charge in [-0.3, -0.25) is 9.59 Å². The molecule has 1 saturated carbocycles. The number of ether oxygens (including phenoxy) is 3. The Labute approximate surface area is 212 Å². The third kappa shape index (κ3) is 4.43. The second-order valence-corrected chi connectivity index (χ2v) is 10.4. The van der Waals surface area contributed by atoms with Crippen LogP contribution in [0, 0.1) is 0 Å². The lowest BCUT2D eigenvalue weighted by Crippen LogP contribution is -2.37. The molecule has 2 aromatic carbocycles. The van der Waals surface area contributed by atoms with Crippen molar-refractivity contribution in [3.63, 3.8) is 0 Å². The van der Waals surface area contributed by atoms with Gasteiger partial charge in [-0.25, -0.2) is 0 Å². The average Bonchev–Trinajstić information content (AvgIpc) is 3.48. The number of amides is 1. The number of aliphatic hydroxyl groups is 1. The molecule has 192 valence electrons. The fourth-order valence-electron chi connectivity index (χ4n) is 5.36. The Bertz CT molecular complexity index is 1200. The minimum absolute atomic E-state index is 0.0640. The molecule has 4 rings (SSSR count). The summed E-state index contributed by atoms with van der Waals surface area (Å²) >= 11 is 0. The van der Waals surface area contributed by atoms with Gasteiger partial charge in [-0.15, -0.1) is 0 Å². The molecule has 0 aromatic heterocycles. The summed E-state index contributed by atoms with van der Waals surface area (Å²) in [5.41, 5.74) is 1.87. The highest BCUT2D eigenvalue weighted by molar-refractivity contribution is 6.46. The molecule has 1 unspecified atom stereocenters. The highest BCUT2D eigenvalue weighted by Crippen LogP contribution is 2.45. The topological polar surface area (TPSA) is 85.3 Å². The molecule has 7 nitrogen and oxygen atoms in total. The van der Waals surface area contributed by atoms with Crippen LogP contribution in [0.2, 0.25) is 0 Å². The van der Waals surface area contributed by atoms with Crippen molar-refractivity contribution in [2.75, 3.05) is 21.3 Å². The molecule has 1 saturated heterocycles. The molecule has 36 heavy (non-hydrogen) atoms. The van der Waals surface area contributed by atoms with Crippen LogP contribution in [0.3, 0.4) is 0 Å². The summed E-state index contributed by atoms with van der Waals surface area (Å²) < 4.78 is 16.4. The number of likely N-dealkylation sites (tertiary alicyclic amines) is 1. The molecule has 7 heteroatoms. The van der Waals surface area contributed by atoms with Crippen molar-refractivity contribution in [2.45, 2.75) is 64.0 Å². The maximum absolute atomic E-state index is 13.5. The fourth-order valence-corrected chi connectivity index (χ4v) is 5.36. The number of carbonyl (C=O) groups is 2. The van der Waals surface area contributed by atoms with E-state index in [0.29, 0.717) is 28.4 Å². The first-order valence-electron chi connectivity index (χ1n) is 12.3. The van der Waals surface area contributed by atoms with Crippen LogP contribution in [0.1, 0.15) is 69.2 Å². The largest absolute Gasteiger partial charge is 0.507 e. The van der Waals surface area contributed by atoms with E-state index in [1.165, 1.54) is 0 Å². The van der Waals surface area contributed by atoms with Crippen molar-refractivity contribution in [3.8, 4) is 17.2 Å². The summed E-state index contributed by atoms with van der Waals surface area (Å²) in [6.07, 6.45) is 3.65. The Balaban J connectivity index is 1.93. The van der Waals surface area contributed by atoms with Crippen molar-refractivity contribution < 1.29 is 28.9 Å². The van der Waals surface area contributed by atoms with Crippen LogP contribution in [0.25, 0.3) is 5.76 Å². The molecular formula is C29H35NO6. The number of carbonyl (C=O) groups excluding carboxylic acids is 2. The third-order valence-electron chi connectivity index (χ3n) is 7.20. The van der Waals surface area contributed by atoms with E-state index in [4.69, 9.17) is 14.2 Å². The molecule has 0 radical (unpaired) electrons. The van der Waals surface area contributed by atoms with Crippen LogP contribution in [0.5, 0.6) is 17.2 Å². The standard InChI is InChI=1S/C29H35NO6/c1-29(2,3)20-15-18(12-13-21(20)34-4)26(31)24-25(17-11-14-22(35-5)23(16-17)36-6)30(28(33)27(24)32)19-9-7-8-10-19/h11-16,19,25,31H,7-10H2,1-6H3/b26-24+. The van der Waals surface area contributed by atoms with E-state index in [1.807, 2.05) is 12.1 Å². The second-order valence-electron chi connectivity index (χ2n) is 10.4. The lowest BCUT2D eigenvalue weighted by atomic mass is 9.84. The Kier molecular flexibility index (Phi) is 7.03. The highest BCUT2D eigenvalue weighted by atomic mass is 16.5. The molecule has 0 spiro atoms. The van der Waals surface area contributed by atoms with Crippen molar-refractivity contribution in [2.24, 2.45) is 0 Å².